The molecule has 0 radical (unpaired) electrons. The molecule has 0 bridgehead atoms. The minimum absolute atomic E-state index is 0.179. The first-order valence-electron chi connectivity index (χ1n) is 6.76. The van der Waals surface area contributed by atoms with Crippen molar-refractivity contribution in [3.05, 3.63) is 41.3 Å². The van der Waals surface area contributed by atoms with Crippen molar-refractivity contribution in [1.82, 2.24) is 10.2 Å². The first kappa shape index (κ1) is 14.7. The van der Waals surface area contributed by atoms with Gasteiger partial charge in [0.1, 0.15) is 17.5 Å². The van der Waals surface area contributed by atoms with Crippen LogP contribution in [0.2, 0.25) is 0 Å². The average Bonchev–Trinajstić information content (AvgIpc) is 2.41. The molecule has 1 heterocycles. The van der Waals surface area contributed by atoms with E-state index >= 15 is 0 Å². The fraction of sp³-hybridized carbons (Fsp3) is 0.467. The van der Waals surface area contributed by atoms with Crippen molar-refractivity contribution in [3.63, 3.8) is 0 Å². The molecule has 2 atom stereocenters. The zero-order valence-corrected chi connectivity index (χ0v) is 11.5. The molecule has 0 amide bonds. The number of hydrogen-bond donors (Lipinski definition) is 2. The topological polar surface area (TPSA) is 52.6 Å². The van der Waals surface area contributed by atoms with E-state index in [1.807, 2.05) is 10.8 Å². The molecule has 1 fully saturated rings. The summed E-state index contributed by atoms with van der Waals surface area (Å²) in [6.07, 6.45) is -0.00793. The van der Waals surface area contributed by atoms with Crippen molar-refractivity contribution in [2.45, 2.75) is 32.0 Å². The Morgan fingerprint density at radius 1 is 1.50 bits per heavy atom. The second kappa shape index (κ2) is 6.66. The van der Waals surface area contributed by atoms with Crippen LogP contribution < -0.4 is 5.32 Å². The van der Waals surface area contributed by atoms with Crippen molar-refractivity contribution in [2.24, 2.45) is 0 Å². The van der Waals surface area contributed by atoms with Crippen LogP contribution in [0.3, 0.4) is 0 Å². The highest BCUT2D eigenvalue weighted by molar-refractivity contribution is 5.54. The number of benzene rings is 1. The van der Waals surface area contributed by atoms with Gasteiger partial charge in [-0.2, -0.15) is 0 Å². The molecule has 0 spiro atoms. The lowest BCUT2D eigenvalue weighted by molar-refractivity contribution is 0.154. The third-order valence-corrected chi connectivity index (χ3v) is 3.41. The van der Waals surface area contributed by atoms with Gasteiger partial charge in [0.25, 0.3) is 0 Å². The Morgan fingerprint density at radius 2 is 2.20 bits per heavy atom. The lowest BCUT2D eigenvalue weighted by Gasteiger charge is -2.36. The van der Waals surface area contributed by atoms with Crippen LogP contribution in [0.5, 0.6) is 0 Å². The maximum absolute atomic E-state index is 12.9. The molecule has 5 heteroatoms. The fourth-order valence-electron chi connectivity index (χ4n) is 2.46. The molecule has 0 aromatic heterocycles. The Hall–Kier alpha value is -1.68. The van der Waals surface area contributed by atoms with E-state index in [0.29, 0.717) is 25.2 Å². The van der Waals surface area contributed by atoms with E-state index in [-0.39, 0.29) is 11.9 Å². The van der Waals surface area contributed by atoms with E-state index in [1.165, 1.54) is 12.1 Å². The number of nitrogens with zero attached hydrogens (tertiary/aromatic N) is 1. The van der Waals surface area contributed by atoms with E-state index in [9.17, 15) is 14.3 Å². The molecular weight excluding hydrogens is 259 g/mol. The Labute approximate surface area is 117 Å². The predicted octanol–water partition coefficient (Wildman–Crippen LogP) is 1.09. The van der Waals surface area contributed by atoms with Crippen molar-refractivity contribution < 1.29 is 14.3 Å². The van der Waals surface area contributed by atoms with E-state index in [2.05, 4.69) is 5.32 Å². The highest BCUT2D eigenvalue weighted by Gasteiger charge is 2.26. The molecule has 2 N–H and O–H groups in total. The molecule has 1 saturated heterocycles. The van der Waals surface area contributed by atoms with Gasteiger partial charge in [-0.25, -0.2) is 9.18 Å². The predicted molar refractivity (Wildman–Crippen MR) is 74.1 cm³/mol. The van der Waals surface area contributed by atoms with Gasteiger partial charge in [-0.05, 0) is 31.0 Å². The number of hydrogen-bond acceptors (Lipinski definition) is 4. The normalized spacial score (nSPS) is 20.6. The lowest BCUT2D eigenvalue weighted by Crippen LogP contribution is -2.49. The minimum atomic E-state index is -0.485. The van der Waals surface area contributed by atoms with Crippen LogP contribution >= 0.6 is 0 Å². The van der Waals surface area contributed by atoms with Gasteiger partial charge in [-0.3, -0.25) is 0 Å². The molecule has 1 aromatic rings. The van der Waals surface area contributed by atoms with Gasteiger partial charge in [0, 0.05) is 19.6 Å². The van der Waals surface area contributed by atoms with Gasteiger partial charge in [-0.1, -0.05) is 12.1 Å². The van der Waals surface area contributed by atoms with E-state index in [0.717, 1.165) is 12.1 Å². The second-order valence-corrected chi connectivity index (χ2v) is 5.13. The number of aliphatic hydroxyl groups excluding tert-OH is 1. The van der Waals surface area contributed by atoms with Crippen molar-refractivity contribution >= 4 is 5.94 Å². The minimum Gasteiger partial charge on any atom is -0.393 e. The number of aliphatic hydroxyl groups is 1. The maximum Gasteiger partial charge on any atom is 0.147 e. The smallest absolute Gasteiger partial charge is 0.147 e. The second-order valence-electron chi connectivity index (χ2n) is 5.13. The number of halogens is 1. The summed E-state index contributed by atoms with van der Waals surface area (Å²) in [6, 6.07) is 6.07. The van der Waals surface area contributed by atoms with E-state index in [4.69, 9.17) is 0 Å². The molecule has 2 rings (SSSR count). The fourth-order valence-corrected chi connectivity index (χ4v) is 2.46. The highest BCUT2D eigenvalue weighted by atomic mass is 19.1. The molecule has 1 aromatic carbocycles. The highest BCUT2D eigenvalue weighted by Crippen LogP contribution is 2.18. The first-order chi connectivity index (χ1) is 9.60. The summed E-state index contributed by atoms with van der Waals surface area (Å²) >= 11 is 0. The Bertz CT molecular complexity index is 495. The summed E-state index contributed by atoms with van der Waals surface area (Å²) in [7, 11) is 0. The van der Waals surface area contributed by atoms with Gasteiger partial charge >= 0.3 is 0 Å². The summed E-state index contributed by atoms with van der Waals surface area (Å²) in [5, 5.41) is 12.7. The van der Waals surface area contributed by atoms with Gasteiger partial charge in [0.15, 0.2) is 0 Å². The molecule has 0 saturated carbocycles. The Morgan fingerprint density at radius 3 is 2.80 bits per heavy atom. The van der Waals surface area contributed by atoms with Crippen LogP contribution in [0.4, 0.5) is 4.39 Å². The van der Waals surface area contributed by atoms with Crippen LogP contribution in [-0.4, -0.2) is 41.2 Å². The van der Waals surface area contributed by atoms with Crippen LogP contribution in [0.15, 0.2) is 30.0 Å². The van der Waals surface area contributed by atoms with Crippen molar-refractivity contribution in [2.75, 3.05) is 13.1 Å². The molecule has 0 aliphatic carbocycles. The third kappa shape index (κ3) is 3.67. The monoisotopic (exact) mass is 278 g/mol. The molecule has 20 heavy (non-hydrogen) atoms. The standard InChI is InChI=1S/C15H19FN2O2/c1-11(20)8-14-15(10-19)18(7-6-17-14)9-12-2-4-13(16)5-3-12/h2-5,11,14,17,20H,6-9H2,1H3. The van der Waals surface area contributed by atoms with E-state index in [1.54, 1.807) is 19.1 Å². The molecule has 2 unspecified atom stereocenters. The van der Waals surface area contributed by atoms with Crippen LogP contribution in [0.1, 0.15) is 18.9 Å². The van der Waals surface area contributed by atoms with Crippen LogP contribution in [0, 0.1) is 5.82 Å². The van der Waals surface area contributed by atoms with Crippen molar-refractivity contribution in [3.8, 4) is 0 Å². The van der Waals surface area contributed by atoms with Gasteiger partial charge in [0.2, 0.25) is 0 Å². The molecule has 108 valence electrons. The summed E-state index contributed by atoms with van der Waals surface area (Å²) < 4.78 is 12.9. The third-order valence-electron chi connectivity index (χ3n) is 3.41. The quantitative estimate of drug-likeness (QED) is 0.810. The van der Waals surface area contributed by atoms with Gasteiger partial charge < -0.3 is 15.3 Å². The molecule has 1 aliphatic rings. The largest absolute Gasteiger partial charge is 0.393 e. The summed E-state index contributed by atoms with van der Waals surface area (Å²) in [5.74, 6) is 1.71. The van der Waals surface area contributed by atoms with Gasteiger partial charge in [-0.15, -0.1) is 0 Å². The van der Waals surface area contributed by atoms with Gasteiger partial charge in [0.05, 0.1) is 12.1 Å². The Kier molecular flexibility index (Phi) is 4.90. The number of rotatable bonds is 4. The zero-order chi connectivity index (χ0) is 14.5. The first-order valence-corrected chi connectivity index (χ1v) is 6.76. The zero-order valence-electron chi connectivity index (χ0n) is 11.5. The Balaban J connectivity index is 2.10. The summed E-state index contributed by atoms with van der Waals surface area (Å²) in [4.78, 5) is 13.2. The van der Waals surface area contributed by atoms with Crippen molar-refractivity contribution in [1.29, 1.82) is 0 Å². The number of carbonyl (C=O) groups excluding carboxylic acids is 1. The SMILES string of the molecule is CC(O)CC1NCCN(Cc2ccc(F)cc2)C1=C=O. The molecule has 1 aliphatic heterocycles. The van der Waals surface area contributed by atoms with Crippen LogP contribution in [-0.2, 0) is 11.3 Å². The lowest BCUT2D eigenvalue weighted by atomic mass is 10.0. The van der Waals surface area contributed by atoms with Crippen LogP contribution in [0.25, 0.3) is 0 Å². The average molecular weight is 278 g/mol. The summed E-state index contributed by atoms with van der Waals surface area (Å²) in [5.41, 5.74) is 1.47. The maximum atomic E-state index is 12.9. The number of nitrogens with one attached hydrogen (secondary N) is 1. The number of piperazine rings is 1. The summed E-state index contributed by atoms with van der Waals surface area (Å²) in [6.45, 7) is 3.67. The van der Waals surface area contributed by atoms with E-state index < -0.39 is 6.10 Å². The molecular formula is C15H19FN2O2. The molecule has 4 nitrogen and oxygen atoms in total.